The zero-order chi connectivity index (χ0) is 10.8. The molecule has 76 valence electrons. The van der Waals surface area contributed by atoms with Gasteiger partial charge in [-0.1, -0.05) is 0 Å². The predicted octanol–water partition coefficient (Wildman–Crippen LogP) is 2.11. The van der Waals surface area contributed by atoms with E-state index in [9.17, 15) is 4.79 Å². The number of aromatic nitrogens is 3. The molecule has 0 bridgehead atoms. The molecule has 0 aromatic carbocycles. The Bertz CT molecular complexity index is 490. The highest BCUT2D eigenvalue weighted by Gasteiger charge is 2.08. The largest absolute Gasteiger partial charge is 0.294 e. The van der Waals surface area contributed by atoms with Gasteiger partial charge in [-0.05, 0) is 13.8 Å². The molecular weight excluding hydrogens is 210 g/mol. The number of hydrogen-bond acceptors (Lipinski definition) is 5. The minimum atomic E-state index is -0.0254. The summed E-state index contributed by atoms with van der Waals surface area (Å²) in [5.74, 6) is 0.600. The Morgan fingerprint density at radius 1 is 1.27 bits per heavy atom. The average Bonchev–Trinajstić information content (AvgIpc) is 2.65. The van der Waals surface area contributed by atoms with E-state index in [0.717, 1.165) is 10.6 Å². The second-order valence-electron chi connectivity index (χ2n) is 3.12. The Labute approximate surface area is 91.0 Å². The SMILES string of the molecule is CC(=O)c1cnc(-c2scnc2C)nc1. The van der Waals surface area contributed by atoms with Gasteiger partial charge < -0.3 is 0 Å². The van der Waals surface area contributed by atoms with Crippen LogP contribution in [0, 0.1) is 6.92 Å². The van der Waals surface area contributed by atoms with E-state index in [-0.39, 0.29) is 5.78 Å². The summed E-state index contributed by atoms with van der Waals surface area (Å²) in [5, 5.41) is 0. The minimum Gasteiger partial charge on any atom is -0.294 e. The summed E-state index contributed by atoms with van der Waals surface area (Å²) in [7, 11) is 0. The third kappa shape index (κ3) is 1.92. The summed E-state index contributed by atoms with van der Waals surface area (Å²) in [5.41, 5.74) is 3.20. The molecule has 2 aromatic rings. The van der Waals surface area contributed by atoms with Crippen molar-refractivity contribution in [2.45, 2.75) is 13.8 Å². The average molecular weight is 219 g/mol. The standard InChI is InChI=1S/C10H9N3OS/c1-6-9(15-5-13-6)10-11-3-8(4-12-10)7(2)14/h3-5H,1-2H3. The van der Waals surface area contributed by atoms with Crippen LogP contribution >= 0.6 is 11.3 Å². The molecule has 0 amide bonds. The van der Waals surface area contributed by atoms with Crippen LogP contribution in [-0.2, 0) is 0 Å². The maximum Gasteiger partial charge on any atom is 0.171 e. The van der Waals surface area contributed by atoms with Gasteiger partial charge >= 0.3 is 0 Å². The zero-order valence-electron chi connectivity index (χ0n) is 8.39. The van der Waals surface area contributed by atoms with Crippen LogP contribution in [0.5, 0.6) is 0 Å². The number of aryl methyl sites for hydroxylation is 1. The molecule has 2 aromatic heterocycles. The van der Waals surface area contributed by atoms with Crippen LogP contribution in [0.3, 0.4) is 0 Å². The molecule has 0 aliphatic rings. The van der Waals surface area contributed by atoms with Gasteiger partial charge in [-0.3, -0.25) is 4.79 Å². The van der Waals surface area contributed by atoms with E-state index in [2.05, 4.69) is 15.0 Å². The van der Waals surface area contributed by atoms with E-state index in [1.54, 1.807) is 17.9 Å². The van der Waals surface area contributed by atoms with Crippen LogP contribution < -0.4 is 0 Å². The lowest BCUT2D eigenvalue weighted by atomic mass is 10.2. The number of nitrogens with zero attached hydrogens (tertiary/aromatic N) is 3. The lowest BCUT2D eigenvalue weighted by Crippen LogP contribution is -1.96. The first-order valence-corrected chi connectivity index (χ1v) is 5.30. The van der Waals surface area contributed by atoms with Gasteiger partial charge in [-0.15, -0.1) is 11.3 Å². The molecule has 0 unspecified atom stereocenters. The first-order valence-electron chi connectivity index (χ1n) is 4.42. The van der Waals surface area contributed by atoms with Crippen LogP contribution in [0.2, 0.25) is 0 Å². The van der Waals surface area contributed by atoms with Crippen LogP contribution in [0.1, 0.15) is 23.0 Å². The number of carbonyl (C=O) groups excluding carboxylic acids is 1. The second kappa shape index (κ2) is 3.86. The van der Waals surface area contributed by atoms with Crippen molar-refractivity contribution in [3.8, 4) is 10.7 Å². The van der Waals surface area contributed by atoms with E-state index in [1.165, 1.54) is 18.3 Å². The molecule has 15 heavy (non-hydrogen) atoms. The topological polar surface area (TPSA) is 55.7 Å². The fraction of sp³-hybridized carbons (Fsp3) is 0.200. The monoisotopic (exact) mass is 219 g/mol. The smallest absolute Gasteiger partial charge is 0.171 e. The van der Waals surface area contributed by atoms with E-state index >= 15 is 0 Å². The molecular formula is C10H9N3OS. The molecule has 0 saturated heterocycles. The van der Waals surface area contributed by atoms with Gasteiger partial charge in [0.2, 0.25) is 0 Å². The van der Waals surface area contributed by atoms with Crippen molar-refractivity contribution < 1.29 is 4.79 Å². The van der Waals surface area contributed by atoms with Crippen LogP contribution in [0.15, 0.2) is 17.9 Å². The molecule has 0 spiro atoms. The quantitative estimate of drug-likeness (QED) is 0.726. The second-order valence-corrected chi connectivity index (χ2v) is 3.97. The highest BCUT2D eigenvalue weighted by molar-refractivity contribution is 7.13. The Hall–Kier alpha value is -1.62. The predicted molar refractivity (Wildman–Crippen MR) is 57.9 cm³/mol. The summed E-state index contributed by atoms with van der Waals surface area (Å²) in [6, 6.07) is 0. The summed E-state index contributed by atoms with van der Waals surface area (Å²) in [6.07, 6.45) is 3.09. The maximum atomic E-state index is 11.0. The van der Waals surface area contributed by atoms with Crippen molar-refractivity contribution in [3.63, 3.8) is 0 Å². The van der Waals surface area contributed by atoms with Crippen molar-refractivity contribution in [1.82, 2.24) is 15.0 Å². The normalized spacial score (nSPS) is 10.3. The highest BCUT2D eigenvalue weighted by atomic mass is 32.1. The summed E-state index contributed by atoms with van der Waals surface area (Å²) >= 11 is 1.50. The van der Waals surface area contributed by atoms with Crippen LogP contribution in [-0.4, -0.2) is 20.7 Å². The molecule has 0 aliphatic carbocycles. The van der Waals surface area contributed by atoms with E-state index in [4.69, 9.17) is 0 Å². The third-order valence-corrected chi connectivity index (χ3v) is 2.93. The molecule has 0 N–H and O–H groups in total. The highest BCUT2D eigenvalue weighted by Crippen LogP contribution is 2.23. The number of thiazole rings is 1. The van der Waals surface area contributed by atoms with Crippen molar-refractivity contribution in [3.05, 3.63) is 29.2 Å². The number of carbonyl (C=O) groups is 1. The molecule has 0 fully saturated rings. The lowest BCUT2D eigenvalue weighted by molar-refractivity contribution is 0.101. The summed E-state index contributed by atoms with van der Waals surface area (Å²) < 4.78 is 0. The van der Waals surface area contributed by atoms with Crippen LogP contribution in [0.25, 0.3) is 10.7 Å². The van der Waals surface area contributed by atoms with E-state index < -0.39 is 0 Å². The molecule has 2 rings (SSSR count). The summed E-state index contributed by atoms with van der Waals surface area (Å²) in [4.78, 5) is 24.4. The first kappa shape index (κ1) is 9.92. The molecule has 4 nitrogen and oxygen atoms in total. The molecule has 0 saturated carbocycles. The molecule has 2 heterocycles. The number of rotatable bonds is 2. The molecule has 0 radical (unpaired) electrons. The molecule has 5 heteroatoms. The minimum absolute atomic E-state index is 0.0254. The van der Waals surface area contributed by atoms with Gasteiger partial charge in [0.05, 0.1) is 21.6 Å². The fourth-order valence-electron chi connectivity index (χ4n) is 1.14. The third-order valence-electron chi connectivity index (χ3n) is 2.01. The Morgan fingerprint density at radius 3 is 2.40 bits per heavy atom. The van der Waals surface area contributed by atoms with Gasteiger partial charge in [0.1, 0.15) is 0 Å². The Balaban J connectivity index is 2.40. The van der Waals surface area contributed by atoms with Gasteiger partial charge in [-0.2, -0.15) is 0 Å². The van der Waals surface area contributed by atoms with Crippen molar-refractivity contribution in [1.29, 1.82) is 0 Å². The van der Waals surface area contributed by atoms with Crippen molar-refractivity contribution >= 4 is 17.1 Å². The van der Waals surface area contributed by atoms with E-state index in [1.807, 2.05) is 6.92 Å². The van der Waals surface area contributed by atoms with Gasteiger partial charge in [0.15, 0.2) is 11.6 Å². The van der Waals surface area contributed by atoms with Gasteiger partial charge in [-0.25, -0.2) is 15.0 Å². The van der Waals surface area contributed by atoms with Crippen molar-refractivity contribution in [2.24, 2.45) is 0 Å². The molecule has 0 atom stereocenters. The Morgan fingerprint density at radius 2 is 1.93 bits per heavy atom. The first-order chi connectivity index (χ1) is 7.18. The fourth-order valence-corrected chi connectivity index (χ4v) is 1.89. The zero-order valence-corrected chi connectivity index (χ0v) is 9.21. The van der Waals surface area contributed by atoms with Gasteiger partial charge in [0.25, 0.3) is 0 Å². The Kier molecular flexibility index (Phi) is 2.55. The maximum absolute atomic E-state index is 11.0. The number of ketones is 1. The molecule has 0 aliphatic heterocycles. The van der Waals surface area contributed by atoms with Crippen molar-refractivity contribution in [2.75, 3.05) is 0 Å². The van der Waals surface area contributed by atoms with Gasteiger partial charge in [0, 0.05) is 12.4 Å². The summed E-state index contributed by atoms with van der Waals surface area (Å²) in [6.45, 7) is 3.41. The number of hydrogen-bond donors (Lipinski definition) is 0. The lowest BCUT2D eigenvalue weighted by Gasteiger charge is -1.98. The van der Waals surface area contributed by atoms with E-state index in [0.29, 0.717) is 11.4 Å². The number of Topliss-reactive ketones (excluding diaryl/α,β-unsaturated/α-hetero) is 1. The van der Waals surface area contributed by atoms with Crippen LogP contribution in [0.4, 0.5) is 0 Å².